The van der Waals surface area contributed by atoms with Crippen LogP contribution in [0.15, 0.2) is 16.7 Å². The zero-order chi connectivity index (χ0) is 14.0. The first-order chi connectivity index (χ1) is 8.70. The third kappa shape index (κ3) is 2.03. The van der Waals surface area contributed by atoms with Crippen molar-refractivity contribution in [3.8, 4) is 0 Å². The van der Waals surface area contributed by atoms with E-state index in [9.17, 15) is 0 Å². The highest BCUT2D eigenvalue weighted by atomic mass is 79.9. The topological polar surface area (TPSA) is 17.3 Å². The second-order valence-electron chi connectivity index (χ2n) is 7.34. The number of halogens is 1. The highest BCUT2D eigenvalue weighted by Gasteiger charge is 2.40. The van der Waals surface area contributed by atoms with E-state index in [1.54, 1.807) is 0 Å². The van der Waals surface area contributed by atoms with Crippen LogP contribution < -0.4 is 0 Å². The van der Waals surface area contributed by atoms with Gasteiger partial charge in [-0.25, -0.2) is 4.98 Å². The number of nitrogens with zero attached hydrogens (tertiary/aromatic N) is 2. The van der Waals surface area contributed by atoms with Crippen LogP contribution in [0.2, 0.25) is 0 Å². The summed E-state index contributed by atoms with van der Waals surface area (Å²) >= 11 is 3.64. The van der Waals surface area contributed by atoms with E-state index in [-0.39, 0.29) is 5.41 Å². The van der Waals surface area contributed by atoms with Crippen molar-refractivity contribution < 1.29 is 0 Å². The van der Waals surface area contributed by atoms with Crippen LogP contribution in [0.4, 0.5) is 0 Å². The van der Waals surface area contributed by atoms with Crippen LogP contribution in [0, 0.1) is 12.3 Å². The van der Waals surface area contributed by atoms with Gasteiger partial charge in [0.15, 0.2) is 0 Å². The van der Waals surface area contributed by atoms with Crippen molar-refractivity contribution in [1.29, 1.82) is 0 Å². The average Bonchev–Trinajstić information content (AvgIpc) is 2.53. The maximum absolute atomic E-state index is 4.89. The molecule has 2 aromatic heterocycles. The van der Waals surface area contributed by atoms with Gasteiger partial charge in [-0.2, -0.15) is 0 Å². The van der Waals surface area contributed by atoms with E-state index in [2.05, 4.69) is 67.2 Å². The molecule has 1 aliphatic rings. The molecule has 0 unspecified atom stereocenters. The Kier molecular flexibility index (Phi) is 2.66. The van der Waals surface area contributed by atoms with Crippen molar-refractivity contribution >= 4 is 21.6 Å². The maximum Gasteiger partial charge on any atom is 0.137 e. The first kappa shape index (κ1) is 13.2. The monoisotopic (exact) mass is 320 g/mol. The first-order valence-electron chi connectivity index (χ1n) is 6.87. The minimum absolute atomic E-state index is 0.172. The molecule has 0 saturated heterocycles. The standard InChI is InChI=1S/C16H21BrN2/c1-10-6-13-18-12-7-15(2,3)9-16(4,5)14(12)19(13)8-11(10)17/h6,8H,7,9H2,1-5H3. The van der Waals surface area contributed by atoms with E-state index in [0.29, 0.717) is 5.41 Å². The van der Waals surface area contributed by atoms with E-state index >= 15 is 0 Å². The summed E-state index contributed by atoms with van der Waals surface area (Å²) in [6.45, 7) is 11.5. The Morgan fingerprint density at radius 1 is 1.26 bits per heavy atom. The molecule has 0 saturated carbocycles. The number of hydrogen-bond donors (Lipinski definition) is 0. The van der Waals surface area contributed by atoms with Gasteiger partial charge in [-0.1, -0.05) is 27.7 Å². The van der Waals surface area contributed by atoms with Gasteiger partial charge in [-0.3, -0.25) is 0 Å². The minimum Gasteiger partial charge on any atom is -0.302 e. The minimum atomic E-state index is 0.172. The third-order valence-electron chi connectivity index (χ3n) is 4.18. The summed E-state index contributed by atoms with van der Waals surface area (Å²) < 4.78 is 3.43. The molecule has 2 heterocycles. The first-order valence-corrected chi connectivity index (χ1v) is 7.66. The van der Waals surface area contributed by atoms with E-state index in [1.807, 2.05) is 0 Å². The fraction of sp³-hybridized carbons (Fsp3) is 0.562. The van der Waals surface area contributed by atoms with Gasteiger partial charge < -0.3 is 4.40 Å². The van der Waals surface area contributed by atoms with Crippen LogP contribution in [0.1, 0.15) is 51.1 Å². The summed E-state index contributed by atoms with van der Waals surface area (Å²) in [4.78, 5) is 4.89. The Balaban J connectivity index is 2.33. The molecule has 0 aliphatic heterocycles. The number of rotatable bonds is 0. The fourth-order valence-electron chi connectivity index (χ4n) is 3.84. The molecule has 2 nitrogen and oxygen atoms in total. The van der Waals surface area contributed by atoms with Crippen molar-refractivity contribution in [3.63, 3.8) is 0 Å². The molecule has 3 rings (SSSR count). The second-order valence-corrected chi connectivity index (χ2v) is 8.20. The predicted octanol–water partition coefficient (Wildman–Crippen LogP) is 4.66. The highest BCUT2D eigenvalue weighted by molar-refractivity contribution is 9.10. The van der Waals surface area contributed by atoms with Crippen molar-refractivity contribution in [3.05, 3.63) is 33.7 Å². The normalized spacial score (nSPS) is 20.5. The molecule has 3 heteroatoms. The SMILES string of the molecule is Cc1cc2nc3c(n2cc1Br)C(C)(C)CC(C)(C)C3. The van der Waals surface area contributed by atoms with Crippen LogP contribution >= 0.6 is 15.9 Å². The summed E-state index contributed by atoms with van der Waals surface area (Å²) in [6, 6.07) is 2.17. The van der Waals surface area contributed by atoms with Gasteiger partial charge in [0.1, 0.15) is 5.65 Å². The summed E-state index contributed by atoms with van der Waals surface area (Å²) in [5.74, 6) is 0. The van der Waals surface area contributed by atoms with E-state index in [4.69, 9.17) is 4.98 Å². The summed E-state index contributed by atoms with van der Waals surface area (Å²) in [5, 5.41) is 0. The molecule has 1 aliphatic carbocycles. The van der Waals surface area contributed by atoms with Gasteiger partial charge in [-0.15, -0.1) is 0 Å². The number of aryl methyl sites for hydroxylation is 1. The van der Waals surface area contributed by atoms with Gasteiger partial charge in [0.2, 0.25) is 0 Å². The molecule has 0 amide bonds. The Bertz CT molecular complexity index is 665. The van der Waals surface area contributed by atoms with Gasteiger partial charge in [0, 0.05) is 16.1 Å². The molecule has 0 bridgehead atoms. The lowest BCUT2D eigenvalue weighted by atomic mass is 9.66. The van der Waals surface area contributed by atoms with E-state index in [1.165, 1.54) is 23.4 Å². The Morgan fingerprint density at radius 2 is 1.95 bits per heavy atom. The zero-order valence-corrected chi connectivity index (χ0v) is 13.9. The van der Waals surface area contributed by atoms with Crippen molar-refractivity contribution in [2.24, 2.45) is 5.41 Å². The predicted molar refractivity (Wildman–Crippen MR) is 82.8 cm³/mol. The van der Waals surface area contributed by atoms with E-state index in [0.717, 1.165) is 16.5 Å². The third-order valence-corrected chi connectivity index (χ3v) is 5.01. The van der Waals surface area contributed by atoms with Gasteiger partial charge in [0.05, 0.1) is 11.4 Å². The number of hydrogen-bond acceptors (Lipinski definition) is 1. The highest BCUT2D eigenvalue weighted by Crippen LogP contribution is 2.45. The van der Waals surface area contributed by atoms with E-state index < -0.39 is 0 Å². The lowest BCUT2D eigenvalue weighted by Gasteiger charge is -2.40. The van der Waals surface area contributed by atoms with Gasteiger partial charge >= 0.3 is 0 Å². The van der Waals surface area contributed by atoms with Crippen LogP contribution in [0.5, 0.6) is 0 Å². The summed E-state index contributed by atoms with van der Waals surface area (Å²) in [6.07, 6.45) is 4.45. The molecular formula is C16H21BrN2. The molecule has 19 heavy (non-hydrogen) atoms. The Labute approximate surface area is 123 Å². The molecule has 0 N–H and O–H groups in total. The average molecular weight is 321 g/mol. The van der Waals surface area contributed by atoms with Gasteiger partial charge in [-0.05, 0) is 52.7 Å². The summed E-state index contributed by atoms with van der Waals surface area (Å²) in [7, 11) is 0. The van der Waals surface area contributed by atoms with Crippen LogP contribution in [0.3, 0.4) is 0 Å². The smallest absolute Gasteiger partial charge is 0.137 e. The molecule has 0 aromatic carbocycles. The maximum atomic E-state index is 4.89. The molecule has 0 fully saturated rings. The van der Waals surface area contributed by atoms with Crippen molar-refractivity contribution in [2.75, 3.05) is 0 Å². The van der Waals surface area contributed by atoms with Crippen molar-refractivity contribution in [1.82, 2.24) is 9.38 Å². The second kappa shape index (κ2) is 3.85. The number of pyridine rings is 1. The molecule has 0 radical (unpaired) electrons. The van der Waals surface area contributed by atoms with Crippen molar-refractivity contribution in [2.45, 2.75) is 52.9 Å². The number of fused-ring (bicyclic) bond motifs is 3. The lowest BCUT2D eigenvalue weighted by Crippen LogP contribution is -2.35. The molecule has 0 spiro atoms. The lowest BCUT2D eigenvalue weighted by molar-refractivity contribution is 0.224. The molecule has 102 valence electrons. The molecule has 0 atom stereocenters. The fourth-order valence-corrected chi connectivity index (χ4v) is 4.16. The Morgan fingerprint density at radius 3 is 2.63 bits per heavy atom. The van der Waals surface area contributed by atoms with Crippen LogP contribution in [-0.4, -0.2) is 9.38 Å². The largest absolute Gasteiger partial charge is 0.302 e. The Hall–Kier alpha value is -0.830. The van der Waals surface area contributed by atoms with Crippen LogP contribution in [0.25, 0.3) is 5.65 Å². The number of aromatic nitrogens is 2. The van der Waals surface area contributed by atoms with Gasteiger partial charge in [0.25, 0.3) is 0 Å². The summed E-state index contributed by atoms with van der Waals surface area (Å²) in [5.41, 5.74) is 5.50. The zero-order valence-electron chi connectivity index (χ0n) is 12.3. The molecule has 2 aromatic rings. The number of imidazole rings is 1. The molecular weight excluding hydrogens is 300 g/mol. The quantitative estimate of drug-likeness (QED) is 0.690. The van der Waals surface area contributed by atoms with Crippen LogP contribution in [-0.2, 0) is 11.8 Å².